The average molecular weight is 467 g/mol. The van der Waals surface area contributed by atoms with Gasteiger partial charge in [-0.2, -0.15) is 5.10 Å². The summed E-state index contributed by atoms with van der Waals surface area (Å²) in [5.41, 5.74) is 11.0. The summed E-state index contributed by atoms with van der Waals surface area (Å²) in [6.07, 6.45) is 4.46. The maximum absolute atomic E-state index is 6.14. The van der Waals surface area contributed by atoms with Gasteiger partial charge in [-0.25, -0.2) is 15.0 Å². The van der Waals surface area contributed by atoms with Crippen LogP contribution in [0.25, 0.3) is 22.4 Å². The molecule has 8 nitrogen and oxygen atoms in total. The van der Waals surface area contributed by atoms with Crippen LogP contribution in [0.15, 0.2) is 45.7 Å². The summed E-state index contributed by atoms with van der Waals surface area (Å²) in [5, 5.41) is 11.8. The molecule has 1 aliphatic rings. The molecule has 3 aromatic heterocycles. The highest BCUT2D eigenvalue weighted by atomic mass is 32.2. The van der Waals surface area contributed by atoms with E-state index in [9.17, 15) is 0 Å². The topological polar surface area (TPSA) is 110 Å². The lowest BCUT2D eigenvalue weighted by molar-refractivity contribution is 0.516. The van der Waals surface area contributed by atoms with Crippen LogP contribution in [0.2, 0.25) is 0 Å². The van der Waals surface area contributed by atoms with Crippen molar-refractivity contribution in [1.29, 1.82) is 0 Å². The molecule has 0 bridgehead atoms. The van der Waals surface area contributed by atoms with Gasteiger partial charge in [0.05, 0.1) is 5.69 Å². The van der Waals surface area contributed by atoms with E-state index in [0.29, 0.717) is 17.3 Å². The van der Waals surface area contributed by atoms with Crippen LogP contribution in [-0.2, 0) is 13.0 Å². The van der Waals surface area contributed by atoms with Gasteiger partial charge in [-0.1, -0.05) is 25.6 Å². The third-order valence-corrected chi connectivity index (χ3v) is 7.51. The highest BCUT2D eigenvalue weighted by molar-refractivity contribution is 8.00. The van der Waals surface area contributed by atoms with Crippen molar-refractivity contribution in [1.82, 2.24) is 35.0 Å². The molecular weight excluding hydrogens is 440 g/mol. The number of hydrogen-bond acceptors (Lipinski definition) is 8. The molecule has 166 valence electrons. The molecule has 0 spiro atoms. The number of rotatable bonds is 8. The Morgan fingerprint density at radius 1 is 1.31 bits per heavy atom. The maximum atomic E-state index is 6.14. The molecule has 0 amide bonds. The fourth-order valence-electron chi connectivity index (χ4n) is 3.79. The number of aromatic amines is 1. The number of aromatic nitrogens is 6. The first kappa shape index (κ1) is 21.3. The van der Waals surface area contributed by atoms with Crippen molar-refractivity contribution in [3.8, 4) is 11.3 Å². The van der Waals surface area contributed by atoms with E-state index < -0.39 is 0 Å². The zero-order valence-corrected chi connectivity index (χ0v) is 19.8. The molecule has 0 aliphatic carbocycles. The van der Waals surface area contributed by atoms with Crippen molar-refractivity contribution in [3.05, 3.63) is 36.3 Å². The van der Waals surface area contributed by atoms with Gasteiger partial charge in [-0.05, 0) is 42.6 Å². The first-order valence-electron chi connectivity index (χ1n) is 10.8. The second-order valence-electron chi connectivity index (χ2n) is 8.19. The molecule has 4 N–H and O–H groups in total. The Labute approximate surface area is 195 Å². The Morgan fingerprint density at radius 3 is 3.03 bits per heavy atom. The van der Waals surface area contributed by atoms with Crippen molar-refractivity contribution in [3.63, 3.8) is 0 Å². The summed E-state index contributed by atoms with van der Waals surface area (Å²) < 4.78 is 2.14. The molecule has 0 saturated heterocycles. The van der Waals surface area contributed by atoms with E-state index in [1.165, 1.54) is 16.8 Å². The number of fused-ring (bicyclic) bond motifs is 2. The molecular formula is C22H26N8S2. The minimum atomic E-state index is 0.405. The predicted molar refractivity (Wildman–Crippen MR) is 130 cm³/mol. The van der Waals surface area contributed by atoms with Crippen LogP contribution in [0.3, 0.4) is 0 Å². The largest absolute Gasteiger partial charge is 0.382 e. The summed E-state index contributed by atoms with van der Waals surface area (Å²) >= 11 is 3.55. The fourth-order valence-corrected chi connectivity index (χ4v) is 6.03. The highest BCUT2D eigenvalue weighted by Crippen LogP contribution is 2.42. The summed E-state index contributed by atoms with van der Waals surface area (Å²) in [4.78, 5) is 16.0. The van der Waals surface area contributed by atoms with Gasteiger partial charge in [0.15, 0.2) is 22.1 Å². The molecule has 5 rings (SSSR count). The van der Waals surface area contributed by atoms with Crippen LogP contribution in [0.4, 0.5) is 5.82 Å². The second-order valence-corrected chi connectivity index (χ2v) is 10.3. The SMILES string of the molecule is CC(C)CNCCn1c(Sc2cc3c(cc2-c2cc[nH]n2)CCS3)nc2c(N)ncnc21. The second kappa shape index (κ2) is 9.13. The van der Waals surface area contributed by atoms with Gasteiger partial charge in [-0.15, -0.1) is 11.8 Å². The monoisotopic (exact) mass is 466 g/mol. The van der Waals surface area contributed by atoms with Crippen LogP contribution >= 0.6 is 23.5 Å². The summed E-state index contributed by atoms with van der Waals surface area (Å²) in [5.74, 6) is 2.12. The number of aryl methyl sites for hydroxylation is 1. The van der Waals surface area contributed by atoms with Crippen molar-refractivity contribution in [2.45, 2.75) is 41.8 Å². The zero-order chi connectivity index (χ0) is 22.1. The van der Waals surface area contributed by atoms with Gasteiger partial charge in [-0.3, -0.25) is 5.10 Å². The van der Waals surface area contributed by atoms with Crippen LogP contribution in [-0.4, -0.2) is 48.6 Å². The third-order valence-electron chi connectivity index (χ3n) is 5.36. The zero-order valence-electron chi connectivity index (χ0n) is 18.1. The lowest BCUT2D eigenvalue weighted by Crippen LogP contribution is -2.24. The number of nitrogen functional groups attached to an aromatic ring is 1. The number of H-pyrrole nitrogens is 1. The minimum absolute atomic E-state index is 0.405. The molecule has 0 atom stereocenters. The van der Waals surface area contributed by atoms with E-state index in [-0.39, 0.29) is 0 Å². The van der Waals surface area contributed by atoms with E-state index in [0.717, 1.165) is 58.8 Å². The smallest absolute Gasteiger partial charge is 0.175 e. The minimum Gasteiger partial charge on any atom is -0.382 e. The van der Waals surface area contributed by atoms with Gasteiger partial charge in [0.1, 0.15) is 6.33 Å². The number of imidazole rings is 1. The normalized spacial score (nSPS) is 13.3. The molecule has 32 heavy (non-hydrogen) atoms. The van der Waals surface area contributed by atoms with E-state index in [2.05, 4.69) is 56.0 Å². The van der Waals surface area contributed by atoms with Crippen molar-refractivity contribution < 1.29 is 0 Å². The Kier molecular flexibility index (Phi) is 6.07. The number of benzene rings is 1. The number of anilines is 1. The van der Waals surface area contributed by atoms with E-state index >= 15 is 0 Å². The number of nitrogens with one attached hydrogen (secondary N) is 2. The lowest BCUT2D eigenvalue weighted by atomic mass is 10.1. The Balaban J connectivity index is 1.54. The first-order chi connectivity index (χ1) is 15.6. The van der Waals surface area contributed by atoms with Gasteiger partial charge < -0.3 is 15.6 Å². The fraction of sp³-hybridized carbons (Fsp3) is 0.364. The van der Waals surface area contributed by atoms with Gasteiger partial charge >= 0.3 is 0 Å². The Bertz CT molecular complexity index is 1230. The van der Waals surface area contributed by atoms with E-state index in [1.54, 1.807) is 11.8 Å². The van der Waals surface area contributed by atoms with Gasteiger partial charge in [0.2, 0.25) is 0 Å². The molecule has 0 fully saturated rings. The molecule has 0 unspecified atom stereocenters. The highest BCUT2D eigenvalue weighted by Gasteiger charge is 2.21. The van der Waals surface area contributed by atoms with Crippen molar-refractivity contribution in [2.75, 3.05) is 24.6 Å². The van der Waals surface area contributed by atoms with Crippen LogP contribution in [0, 0.1) is 5.92 Å². The van der Waals surface area contributed by atoms with Crippen LogP contribution in [0.1, 0.15) is 19.4 Å². The van der Waals surface area contributed by atoms with E-state index in [1.807, 2.05) is 24.0 Å². The quantitative estimate of drug-likeness (QED) is 0.336. The molecule has 10 heteroatoms. The molecule has 4 aromatic rings. The maximum Gasteiger partial charge on any atom is 0.175 e. The third kappa shape index (κ3) is 4.22. The average Bonchev–Trinajstić information content (AvgIpc) is 3.51. The molecule has 4 heterocycles. The number of thioether (sulfide) groups is 1. The van der Waals surface area contributed by atoms with Gasteiger partial charge in [0.25, 0.3) is 0 Å². The molecule has 0 saturated carbocycles. The summed E-state index contributed by atoms with van der Waals surface area (Å²) in [6.45, 7) is 6.96. The number of nitrogens with zero attached hydrogens (tertiary/aromatic N) is 5. The van der Waals surface area contributed by atoms with E-state index in [4.69, 9.17) is 10.7 Å². The predicted octanol–water partition coefficient (Wildman–Crippen LogP) is 3.84. The first-order valence-corrected chi connectivity index (χ1v) is 12.6. The lowest BCUT2D eigenvalue weighted by Gasteiger charge is -2.13. The Hall–Kier alpha value is -2.56. The van der Waals surface area contributed by atoms with Gasteiger partial charge in [0, 0.05) is 40.4 Å². The number of nitrogens with two attached hydrogens (primary N) is 1. The van der Waals surface area contributed by atoms with Crippen LogP contribution < -0.4 is 11.1 Å². The Morgan fingerprint density at radius 2 is 2.22 bits per heavy atom. The van der Waals surface area contributed by atoms with Crippen molar-refractivity contribution >= 4 is 40.5 Å². The number of hydrogen-bond donors (Lipinski definition) is 3. The van der Waals surface area contributed by atoms with Crippen LogP contribution in [0.5, 0.6) is 0 Å². The molecule has 0 radical (unpaired) electrons. The van der Waals surface area contributed by atoms with Crippen molar-refractivity contribution in [2.24, 2.45) is 5.92 Å². The standard InChI is InChI=1S/C22H26N8S2/c1-13(2)11-24-6-7-30-21-19(20(23)25-12-26-21)28-22(30)32-18-10-17-14(4-8-31-17)9-15(18)16-3-5-27-29-16/h3,5,9-10,12-13,24H,4,6-8,11H2,1-2H3,(H,27,29)(H2,23,25,26). The molecule has 1 aromatic carbocycles. The summed E-state index contributed by atoms with van der Waals surface area (Å²) in [6, 6.07) is 6.56. The molecule has 1 aliphatic heterocycles. The summed E-state index contributed by atoms with van der Waals surface area (Å²) in [7, 11) is 0.